The van der Waals surface area contributed by atoms with Gasteiger partial charge in [0.25, 0.3) is 0 Å². The Kier molecular flexibility index (Phi) is 19.6. The molecule has 0 saturated heterocycles. The largest absolute Gasteiger partial charge is 0.488 e. The minimum absolute atomic E-state index is 0.603. The third-order valence-electron chi connectivity index (χ3n) is 14.5. The Hall–Kier alpha value is -6.50. The summed E-state index contributed by atoms with van der Waals surface area (Å²) in [5, 5.41) is 0. The third kappa shape index (κ3) is 13.4. The van der Waals surface area contributed by atoms with Gasteiger partial charge in [-0.3, -0.25) is 0 Å². The molecule has 0 saturated carbocycles. The van der Waals surface area contributed by atoms with Crippen molar-refractivity contribution in [2.45, 2.75) is 142 Å². The van der Waals surface area contributed by atoms with E-state index < -0.39 is 0 Å². The predicted octanol–water partition coefficient (Wildman–Crippen LogP) is 20.7. The van der Waals surface area contributed by atoms with Crippen LogP contribution in [0.5, 0.6) is 11.5 Å². The second-order valence-corrected chi connectivity index (χ2v) is 21.2. The fourth-order valence-corrected chi connectivity index (χ4v) is 11.9. The molecule has 0 atom stereocenters. The van der Waals surface area contributed by atoms with E-state index in [1.807, 2.05) is 0 Å². The number of fused-ring (bicyclic) bond motifs is 8. The lowest BCUT2D eigenvalue weighted by atomic mass is 10.0. The summed E-state index contributed by atoms with van der Waals surface area (Å²) in [4.78, 5) is 15.2. The van der Waals surface area contributed by atoms with Gasteiger partial charge in [-0.05, 0) is 71.5 Å². The van der Waals surface area contributed by atoms with E-state index in [9.17, 15) is 0 Å². The zero-order valence-electron chi connectivity index (χ0n) is 44.2. The van der Waals surface area contributed by atoms with Gasteiger partial charge >= 0.3 is 0 Å². The van der Waals surface area contributed by atoms with Gasteiger partial charge in [0.05, 0.1) is 45.4 Å². The van der Waals surface area contributed by atoms with E-state index >= 15 is 0 Å². The number of rotatable bonds is 28. The number of ether oxygens (including phenoxy) is 2. The van der Waals surface area contributed by atoms with E-state index in [1.165, 1.54) is 103 Å². The fourth-order valence-electron chi connectivity index (χ4n) is 10.6. The van der Waals surface area contributed by atoms with Crippen molar-refractivity contribution in [3.8, 4) is 56.0 Å². The molecule has 2 aliphatic heterocycles. The Labute approximate surface area is 445 Å². The molecule has 1 N–H and O–H groups in total. The Balaban J connectivity index is 1.25. The number of nitrogens with one attached hydrogen (secondary N) is 1. The number of thiophene rings is 1. The maximum absolute atomic E-state index is 7.28. The van der Waals surface area contributed by atoms with Crippen molar-refractivity contribution in [2.75, 3.05) is 13.2 Å². The summed E-state index contributed by atoms with van der Waals surface area (Å²) in [6.07, 6.45) is 34.1. The van der Waals surface area contributed by atoms with Crippen molar-refractivity contribution in [3.63, 3.8) is 0 Å². The smallest absolute Gasteiger partial charge is 0.180 e. The Morgan fingerprint density at radius 2 is 0.622 bits per heavy atom. The number of hydrogen-bond acceptors (Lipinski definition) is 5. The molecule has 0 aliphatic carbocycles. The number of unbranched alkanes of at least 4 members (excludes halogenated alkanes) is 18. The fraction of sp³-hybridized carbons (Fsp3) is 0.353. The second-order valence-electron chi connectivity index (χ2n) is 20.2. The van der Waals surface area contributed by atoms with Gasteiger partial charge in [-0.15, -0.1) is 11.3 Å². The Morgan fingerprint density at radius 1 is 0.338 bits per heavy atom. The van der Waals surface area contributed by atoms with E-state index in [1.54, 1.807) is 11.3 Å². The van der Waals surface area contributed by atoms with Crippen molar-refractivity contribution < 1.29 is 9.47 Å². The molecule has 74 heavy (non-hydrogen) atoms. The van der Waals surface area contributed by atoms with Crippen molar-refractivity contribution >= 4 is 56.1 Å². The number of aromatic nitrogens is 3. The summed E-state index contributed by atoms with van der Waals surface area (Å²) in [7, 11) is 0. The molecule has 5 nitrogen and oxygen atoms in total. The molecular formula is C68H77N3O2S. The molecule has 4 aromatic carbocycles. The Morgan fingerprint density at radius 3 is 0.946 bits per heavy atom. The van der Waals surface area contributed by atoms with Crippen molar-refractivity contribution in [2.24, 2.45) is 0 Å². The number of hydrogen-bond donors (Lipinski definition) is 1. The topological polar surface area (TPSA) is 60.0 Å². The van der Waals surface area contributed by atoms with Gasteiger partial charge in [-0.25, -0.2) is 9.97 Å². The summed E-state index contributed by atoms with van der Waals surface area (Å²) >= 11 is 1.76. The minimum Gasteiger partial charge on any atom is -0.488 e. The van der Waals surface area contributed by atoms with Crippen LogP contribution in [0.15, 0.2) is 133 Å². The lowest BCUT2D eigenvalue weighted by Gasteiger charge is -2.13. The van der Waals surface area contributed by atoms with Crippen molar-refractivity contribution in [1.29, 1.82) is 0 Å². The number of H-pyrrole nitrogens is 1. The van der Waals surface area contributed by atoms with Crippen molar-refractivity contribution in [1.82, 2.24) is 15.0 Å². The van der Waals surface area contributed by atoms with Crippen LogP contribution in [-0.4, -0.2) is 28.2 Å². The number of benzene rings is 4. The Bertz CT molecular complexity index is 2880. The molecule has 9 rings (SSSR count). The zero-order chi connectivity index (χ0) is 50.6. The standard InChI is InChI=1S/C68H77N3O2S/c1-3-5-7-9-11-13-15-17-19-33-49-72-65-66(73-50-34-20-18-16-14-12-10-8-6-4-2)68-64(54-41-31-24-32-42-54)60-48-46-58(71-60)62(52-37-27-22-28-38-52)56-44-43-55(69-56)61(51-35-25-21-26-36-51)57-45-47-59(70-57)63(67(65)74-68)53-39-29-23-30-40-53/h21-32,35-48,69H,3-20,33-34,49-50H2,1-2H3. The van der Waals surface area contributed by atoms with Crippen LogP contribution >= 0.6 is 11.3 Å². The van der Waals surface area contributed by atoms with Crippen LogP contribution in [0.25, 0.3) is 89.2 Å². The molecule has 0 fully saturated rings. The average Bonchev–Trinajstić information content (AvgIpc) is 4.29. The van der Waals surface area contributed by atoms with Gasteiger partial charge in [0.1, 0.15) is 0 Å². The van der Waals surface area contributed by atoms with Gasteiger partial charge in [-0.2, -0.15) is 0 Å². The highest BCUT2D eigenvalue weighted by Crippen LogP contribution is 2.52. The SMILES string of the molecule is CCCCCCCCCCCCOc1c(OCCCCCCCCCCCC)c2sc1c(-c1ccccc1)c1nc(c(-c3ccccc3)c3ccc([nH]3)c(-c3ccccc3)c3nc(c2-c2ccccc2)C=C3)C=C1. The van der Waals surface area contributed by atoms with Crippen molar-refractivity contribution in [3.05, 3.63) is 156 Å². The number of aromatic amines is 1. The maximum Gasteiger partial charge on any atom is 0.180 e. The normalized spacial score (nSPS) is 11.9. The van der Waals surface area contributed by atoms with Crippen LogP contribution in [0.3, 0.4) is 0 Å². The van der Waals surface area contributed by atoms with Crippen LogP contribution in [0, 0.1) is 0 Å². The van der Waals surface area contributed by atoms with Gasteiger partial charge in [0.15, 0.2) is 11.5 Å². The van der Waals surface area contributed by atoms with Gasteiger partial charge in [-0.1, -0.05) is 251 Å². The summed E-state index contributed by atoms with van der Waals surface area (Å²) < 4.78 is 16.6. The highest BCUT2D eigenvalue weighted by Gasteiger charge is 2.26. The lowest BCUT2D eigenvalue weighted by Crippen LogP contribution is -2.02. The predicted molar refractivity (Wildman–Crippen MR) is 319 cm³/mol. The second kappa shape index (κ2) is 27.7. The average molecular weight is 1000 g/mol. The lowest BCUT2D eigenvalue weighted by molar-refractivity contribution is 0.264. The first-order chi connectivity index (χ1) is 36.7. The zero-order valence-corrected chi connectivity index (χ0v) is 45.0. The first kappa shape index (κ1) is 52.4. The minimum atomic E-state index is 0.603. The monoisotopic (exact) mass is 1000 g/mol. The van der Waals surface area contributed by atoms with E-state index in [2.05, 4.69) is 177 Å². The molecule has 2 aliphatic rings. The molecule has 7 aromatic rings. The first-order valence-electron chi connectivity index (χ1n) is 28.3. The maximum atomic E-state index is 7.28. The molecule has 0 unspecified atom stereocenters. The summed E-state index contributed by atoms with van der Waals surface area (Å²) in [5.74, 6) is 1.61. The third-order valence-corrected chi connectivity index (χ3v) is 15.7. The van der Waals surface area contributed by atoms with Crippen LogP contribution in [0.2, 0.25) is 0 Å². The highest BCUT2D eigenvalue weighted by molar-refractivity contribution is 7.25. The molecule has 5 heterocycles. The van der Waals surface area contributed by atoms with Gasteiger partial charge in [0.2, 0.25) is 0 Å². The highest BCUT2D eigenvalue weighted by atomic mass is 32.1. The van der Waals surface area contributed by atoms with E-state index in [0.29, 0.717) is 13.2 Å². The molecule has 382 valence electrons. The summed E-state index contributed by atoms with van der Waals surface area (Å²) in [6, 6.07) is 47.3. The van der Waals surface area contributed by atoms with Crippen LogP contribution in [-0.2, 0) is 0 Å². The summed E-state index contributed by atoms with van der Waals surface area (Å²) in [5.41, 5.74) is 14.0. The van der Waals surface area contributed by atoms with Crippen LogP contribution < -0.4 is 9.47 Å². The molecule has 0 radical (unpaired) electrons. The van der Waals surface area contributed by atoms with Crippen LogP contribution in [0.1, 0.15) is 165 Å². The van der Waals surface area contributed by atoms with E-state index in [0.717, 1.165) is 125 Å². The molecule has 8 bridgehead atoms. The molecular weight excluding hydrogens is 923 g/mol. The number of nitrogens with zero attached hydrogens (tertiary/aromatic N) is 2. The quantitative estimate of drug-likeness (QED) is 0.0497. The van der Waals surface area contributed by atoms with E-state index in [4.69, 9.17) is 19.4 Å². The van der Waals surface area contributed by atoms with Gasteiger partial charge in [0, 0.05) is 33.3 Å². The van der Waals surface area contributed by atoms with Gasteiger partial charge < -0.3 is 14.5 Å². The first-order valence-corrected chi connectivity index (χ1v) is 29.1. The molecule has 6 heteroatoms. The molecule has 0 spiro atoms. The van der Waals surface area contributed by atoms with E-state index in [-0.39, 0.29) is 0 Å². The summed E-state index contributed by atoms with van der Waals surface area (Å²) in [6.45, 7) is 5.79. The van der Waals surface area contributed by atoms with Crippen LogP contribution in [0.4, 0.5) is 0 Å². The molecule has 3 aromatic heterocycles. The molecule has 0 amide bonds.